The van der Waals surface area contributed by atoms with E-state index in [1.165, 1.54) is 0 Å². The Bertz CT molecular complexity index is 1520. The molecule has 3 aromatic carbocycles. The Morgan fingerprint density at radius 2 is 1.74 bits per heavy atom. The number of carbonyl (C=O) groups is 1. The molecule has 0 bridgehead atoms. The number of hydrogen-bond donors (Lipinski definition) is 0. The highest BCUT2D eigenvalue weighted by molar-refractivity contribution is 6.10. The minimum Gasteiger partial charge on any atom is -0.493 e. The first-order valence-corrected chi connectivity index (χ1v) is 11.3. The van der Waals surface area contributed by atoms with Gasteiger partial charge in [0.1, 0.15) is 12.2 Å². The van der Waals surface area contributed by atoms with Crippen LogP contribution in [-0.2, 0) is 0 Å². The average molecular weight is 468 g/mol. The van der Waals surface area contributed by atoms with Crippen molar-refractivity contribution in [2.75, 3.05) is 18.6 Å². The molecule has 1 aromatic heterocycles. The molecule has 0 spiro atoms. The van der Waals surface area contributed by atoms with Gasteiger partial charge in [0, 0.05) is 5.69 Å². The summed E-state index contributed by atoms with van der Waals surface area (Å²) < 4.78 is 17.4. The lowest BCUT2D eigenvalue weighted by Crippen LogP contribution is -2.29. The van der Waals surface area contributed by atoms with Crippen molar-refractivity contribution in [2.24, 2.45) is 0 Å². The average Bonchev–Trinajstić information content (AvgIpc) is 3.17. The summed E-state index contributed by atoms with van der Waals surface area (Å²) in [6.45, 7) is 7.91. The van der Waals surface area contributed by atoms with Gasteiger partial charge in [-0.2, -0.15) is 0 Å². The van der Waals surface area contributed by atoms with E-state index in [0.717, 1.165) is 11.1 Å². The Morgan fingerprint density at radius 3 is 2.46 bits per heavy atom. The highest BCUT2D eigenvalue weighted by Crippen LogP contribution is 2.43. The third-order valence-electron chi connectivity index (χ3n) is 6.38. The van der Waals surface area contributed by atoms with E-state index in [4.69, 9.17) is 13.9 Å². The number of para-hydroxylation sites is 1. The minimum absolute atomic E-state index is 0.0607. The predicted molar refractivity (Wildman–Crippen MR) is 136 cm³/mol. The van der Waals surface area contributed by atoms with E-state index in [0.29, 0.717) is 45.9 Å². The van der Waals surface area contributed by atoms with Gasteiger partial charge in [-0.1, -0.05) is 36.9 Å². The van der Waals surface area contributed by atoms with Gasteiger partial charge in [0.15, 0.2) is 16.9 Å². The molecule has 0 saturated heterocycles. The summed E-state index contributed by atoms with van der Waals surface area (Å²) in [5, 5.41) is 0.456. The first-order chi connectivity index (χ1) is 16.9. The summed E-state index contributed by atoms with van der Waals surface area (Å²) in [5.41, 5.74) is 3.85. The SMILES string of the molecule is C=CCOc1ccc(C2c3c(oc4cc(C)c(C)cc4c3=O)C(=O)N2c2ccccc2)cc1OC. The molecule has 1 unspecified atom stereocenters. The number of methoxy groups -OCH3 is 1. The zero-order valence-electron chi connectivity index (χ0n) is 19.8. The molecule has 4 aromatic rings. The fourth-order valence-corrected chi connectivity index (χ4v) is 4.52. The second-order valence-corrected chi connectivity index (χ2v) is 8.53. The van der Waals surface area contributed by atoms with Crippen molar-refractivity contribution >= 4 is 22.6 Å². The van der Waals surface area contributed by atoms with Crippen molar-refractivity contribution in [1.29, 1.82) is 0 Å². The first kappa shape index (κ1) is 22.5. The highest BCUT2D eigenvalue weighted by atomic mass is 16.5. The number of ether oxygens (including phenoxy) is 2. The summed E-state index contributed by atoms with van der Waals surface area (Å²) in [5.74, 6) is 0.739. The molecule has 1 amide bonds. The van der Waals surface area contributed by atoms with Gasteiger partial charge in [-0.25, -0.2) is 0 Å². The van der Waals surface area contributed by atoms with Crippen LogP contribution >= 0.6 is 0 Å². The van der Waals surface area contributed by atoms with Crippen LogP contribution in [0, 0.1) is 13.8 Å². The lowest BCUT2D eigenvalue weighted by Gasteiger charge is -2.25. The Labute approximate surface area is 203 Å². The fraction of sp³-hybridized carbons (Fsp3) is 0.172. The number of fused-ring (bicyclic) bond motifs is 2. The van der Waals surface area contributed by atoms with E-state index in [-0.39, 0.29) is 17.1 Å². The van der Waals surface area contributed by atoms with Crippen LogP contribution in [0.15, 0.2) is 82.5 Å². The molecule has 0 aliphatic carbocycles. The van der Waals surface area contributed by atoms with Crippen molar-refractivity contribution in [2.45, 2.75) is 19.9 Å². The number of aryl methyl sites for hydroxylation is 2. The number of carbonyl (C=O) groups excluding carboxylic acids is 1. The van der Waals surface area contributed by atoms with Crippen molar-refractivity contribution in [1.82, 2.24) is 0 Å². The maximum absolute atomic E-state index is 13.8. The molecular weight excluding hydrogens is 442 g/mol. The molecule has 0 saturated carbocycles. The van der Waals surface area contributed by atoms with Gasteiger partial charge in [0.2, 0.25) is 5.76 Å². The molecule has 0 fully saturated rings. The van der Waals surface area contributed by atoms with E-state index in [1.54, 1.807) is 30.2 Å². The zero-order valence-corrected chi connectivity index (χ0v) is 19.8. The van der Waals surface area contributed by atoms with Crippen LogP contribution in [0.4, 0.5) is 5.69 Å². The van der Waals surface area contributed by atoms with E-state index in [1.807, 2.05) is 62.4 Å². The van der Waals surface area contributed by atoms with Gasteiger partial charge in [0.05, 0.1) is 24.1 Å². The summed E-state index contributed by atoms with van der Waals surface area (Å²) in [6, 6.07) is 17.6. The Hall–Kier alpha value is -4.32. The van der Waals surface area contributed by atoms with Crippen LogP contribution < -0.4 is 19.8 Å². The molecule has 2 heterocycles. The minimum atomic E-state index is -0.690. The van der Waals surface area contributed by atoms with Crippen LogP contribution in [-0.4, -0.2) is 19.6 Å². The maximum atomic E-state index is 13.8. The normalized spacial score (nSPS) is 14.8. The molecule has 1 atom stereocenters. The maximum Gasteiger partial charge on any atom is 0.295 e. The van der Waals surface area contributed by atoms with Gasteiger partial charge in [0.25, 0.3) is 5.91 Å². The molecule has 1 aliphatic heterocycles. The van der Waals surface area contributed by atoms with Gasteiger partial charge < -0.3 is 13.9 Å². The fourth-order valence-electron chi connectivity index (χ4n) is 4.52. The molecular formula is C29H25NO5. The Balaban J connectivity index is 1.77. The van der Waals surface area contributed by atoms with Gasteiger partial charge >= 0.3 is 0 Å². The summed E-state index contributed by atoms with van der Waals surface area (Å²) in [4.78, 5) is 29.2. The monoisotopic (exact) mass is 467 g/mol. The Morgan fingerprint density at radius 1 is 1.00 bits per heavy atom. The number of amides is 1. The largest absolute Gasteiger partial charge is 0.493 e. The smallest absolute Gasteiger partial charge is 0.295 e. The van der Waals surface area contributed by atoms with Crippen molar-refractivity contribution in [3.63, 3.8) is 0 Å². The molecule has 6 heteroatoms. The van der Waals surface area contributed by atoms with E-state index in [9.17, 15) is 9.59 Å². The first-order valence-electron chi connectivity index (χ1n) is 11.3. The Kier molecular flexibility index (Phi) is 5.65. The molecule has 0 N–H and O–H groups in total. The van der Waals surface area contributed by atoms with Crippen LogP contribution in [0.1, 0.15) is 38.9 Å². The summed E-state index contributed by atoms with van der Waals surface area (Å²) in [7, 11) is 1.55. The number of nitrogens with zero attached hydrogens (tertiary/aromatic N) is 1. The van der Waals surface area contributed by atoms with E-state index in [2.05, 4.69) is 6.58 Å². The molecule has 6 nitrogen and oxygen atoms in total. The van der Waals surface area contributed by atoms with Crippen molar-refractivity contribution < 1.29 is 18.7 Å². The van der Waals surface area contributed by atoms with Gasteiger partial charge in [-0.05, 0) is 66.9 Å². The lowest BCUT2D eigenvalue weighted by molar-refractivity contribution is 0.0971. The van der Waals surface area contributed by atoms with E-state index < -0.39 is 6.04 Å². The summed E-state index contributed by atoms with van der Waals surface area (Å²) >= 11 is 0. The van der Waals surface area contributed by atoms with Crippen LogP contribution in [0.2, 0.25) is 0 Å². The molecule has 5 rings (SSSR count). The number of rotatable bonds is 6. The molecule has 176 valence electrons. The van der Waals surface area contributed by atoms with Gasteiger partial charge in [-0.15, -0.1) is 0 Å². The standard InChI is InChI=1S/C29H25NO5/c1-5-13-34-22-12-11-19(16-24(22)33-4)26-25-27(31)21-14-17(2)18(3)15-23(21)35-28(25)29(32)30(26)20-9-7-6-8-10-20/h5-12,14-16,26H,1,13H2,2-4H3. The summed E-state index contributed by atoms with van der Waals surface area (Å²) in [6.07, 6.45) is 1.65. The second kappa shape index (κ2) is 8.80. The van der Waals surface area contributed by atoms with Gasteiger partial charge in [-0.3, -0.25) is 14.5 Å². The van der Waals surface area contributed by atoms with Crippen LogP contribution in [0.5, 0.6) is 11.5 Å². The number of anilines is 1. The predicted octanol–water partition coefficient (Wildman–Crippen LogP) is 5.73. The zero-order chi connectivity index (χ0) is 24.7. The molecule has 1 aliphatic rings. The van der Waals surface area contributed by atoms with Crippen LogP contribution in [0.3, 0.4) is 0 Å². The lowest BCUT2D eigenvalue weighted by atomic mass is 9.97. The molecule has 35 heavy (non-hydrogen) atoms. The third kappa shape index (κ3) is 3.67. The highest BCUT2D eigenvalue weighted by Gasteiger charge is 2.44. The quantitative estimate of drug-likeness (QED) is 0.339. The third-order valence-corrected chi connectivity index (χ3v) is 6.38. The number of benzene rings is 3. The molecule has 0 radical (unpaired) electrons. The second-order valence-electron chi connectivity index (χ2n) is 8.53. The van der Waals surface area contributed by atoms with Crippen LogP contribution in [0.25, 0.3) is 11.0 Å². The van der Waals surface area contributed by atoms with E-state index >= 15 is 0 Å². The van der Waals surface area contributed by atoms with Crippen molar-refractivity contribution in [3.8, 4) is 11.5 Å². The topological polar surface area (TPSA) is 69.0 Å². The number of hydrogen-bond acceptors (Lipinski definition) is 5. The van der Waals surface area contributed by atoms with Crippen molar-refractivity contribution in [3.05, 3.63) is 112 Å².